The number of aromatic nitrogens is 1. The Balaban J connectivity index is 2.10. The maximum atomic E-state index is 10.4. The first kappa shape index (κ1) is 11.1. The first-order chi connectivity index (χ1) is 7.65. The molecule has 1 aromatic heterocycles. The number of carboxylic acid groups (broad SMARTS) is 1. The number of aliphatic carboxylic acids is 1. The van der Waals surface area contributed by atoms with Crippen LogP contribution in [0.3, 0.4) is 0 Å². The Morgan fingerprint density at radius 1 is 1.50 bits per heavy atom. The van der Waals surface area contributed by atoms with Crippen LogP contribution < -0.4 is 0 Å². The Morgan fingerprint density at radius 2 is 2.31 bits per heavy atom. The molecule has 1 N–H and O–H groups in total. The smallest absolute Gasteiger partial charge is 0.303 e. The zero-order valence-electron chi connectivity index (χ0n) is 9.06. The van der Waals surface area contributed by atoms with Crippen molar-refractivity contribution >= 4 is 27.5 Å². The standard InChI is InChI=1S/C12H13NO2S/c1-8-5-6-10-9(7-8)13-11(16-10)3-2-4-12(14)15/h5-7H,2-4H2,1H3,(H,14,15). The van der Waals surface area contributed by atoms with Gasteiger partial charge in [-0.2, -0.15) is 0 Å². The highest BCUT2D eigenvalue weighted by Crippen LogP contribution is 2.23. The van der Waals surface area contributed by atoms with E-state index in [2.05, 4.69) is 23.2 Å². The zero-order chi connectivity index (χ0) is 11.5. The highest BCUT2D eigenvalue weighted by molar-refractivity contribution is 7.18. The lowest BCUT2D eigenvalue weighted by atomic mass is 10.2. The predicted molar refractivity (Wildman–Crippen MR) is 64.9 cm³/mol. The molecule has 1 aromatic carbocycles. The fraction of sp³-hybridized carbons (Fsp3) is 0.333. The SMILES string of the molecule is Cc1ccc2sc(CCCC(=O)O)nc2c1. The molecule has 0 unspecified atom stereocenters. The summed E-state index contributed by atoms with van der Waals surface area (Å²) in [6.45, 7) is 2.04. The molecule has 0 atom stereocenters. The van der Waals surface area contributed by atoms with Gasteiger partial charge in [-0.25, -0.2) is 4.98 Å². The van der Waals surface area contributed by atoms with Crippen LogP contribution in [0.25, 0.3) is 10.2 Å². The minimum atomic E-state index is -0.739. The van der Waals surface area contributed by atoms with Crippen molar-refractivity contribution in [2.75, 3.05) is 0 Å². The van der Waals surface area contributed by atoms with Gasteiger partial charge in [-0.05, 0) is 37.5 Å². The normalized spacial score (nSPS) is 10.8. The Hall–Kier alpha value is -1.42. The summed E-state index contributed by atoms with van der Waals surface area (Å²) in [5.41, 5.74) is 2.23. The molecule has 0 spiro atoms. The number of rotatable bonds is 4. The molecule has 3 nitrogen and oxygen atoms in total. The number of fused-ring (bicyclic) bond motifs is 1. The van der Waals surface area contributed by atoms with Crippen LogP contribution in [0.4, 0.5) is 0 Å². The second-order valence-corrected chi connectivity index (χ2v) is 4.94. The van der Waals surface area contributed by atoms with Crippen LogP contribution in [-0.2, 0) is 11.2 Å². The largest absolute Gasteiger partial charge is 0.481 e. The summed E-state index contributed by atoms with van der Waals surface area (Å²) < 4.78 is 1.18. The number of benzene rings is 1. The van der Waals surface area contributed by atoms with Gasteiger partial charge < -0.3 is 5.11 Å². The maximum Gasteiger partial charge on any atom is 0.303 e. The highest BCUT2D eigenvalue weighted by atomic mass is 32.1. The minimum absolute atomic E-state index is 0.217. The molecule has 0 saturated carbocycles. The summed E-state index contributed by atoms with van der Waals surface area (Å²) in [5.74, 6) is -0.739. The second kappa shape index (κ2) is 4.61. The lowest BCUT2D eigenvalue weighted by Crippen LogP contribution is -1.95. The average molecular weight is 235 g/mol. The van der Waals surface area contributed by atoms with Crippen LogP contribution in [0.1, 0.15) is 23.4 Å². The molecule has 0 aliphatic carbocycles. The van der Waals surface area contributed by atoms with Gasteiger partial charge in [0.25, 0.3) is 0 Å². The third-order valence-electron chi connectivity index (χ3n) is 2.37. The Labute approximate surface area is 97.8 Å². The van der Waals surface area contributed by atoms with Crippen LogP contribution in [0.5, 0.6) is 0 Å². The molecule has 0 aliphatic heterocycles. The van der Waals surface area contributed by atoms with Crippen molar-refractivity contribution in [2.45, 2.75) is 26.2 Å². The molecule has 2 aromatic rings. The molecule has 0 fully saturated rings. The topological polar surface area (TPSA) is 50.2 Å². The molecule has 0 aliphatic rings. The van der Waals surface area contributed by atoms with Crippen molar-refractivity contribution in [2.24, 2.45) is 0 Å². The molecular formula is C12H13NO2S. The van der Waals surface area contributed by atoms with Crippen LogP contribution in [0.15, 0.2) is 18.2 Å². The maximum absolute atomic E-state index is 10.4. The summed E-state index contributed by atoms with van der Waals surface area (Å²) in [6.07, 6.45) is 1.63. The van der Waals surface area contributed by atoms with E-state index < -0.39 is 5.97 Å². The van der Waals surface area contributed by atoms with Crippen LogP contribution in [0, 0.1) is 6.92 Å². The molecule has 0 amide bonds. The third-order valence-corrected chi connectivity index (χ3v) is 3.46. The monoisotopic (exact) mass is 235 g/mol. The summed E-state index contributed by atoms with van der Waals surface area (Å²) in [7, 11) is 0. The molecule has 0 bridgehead atoms. The van der Waals surface area contributed by atoms with E-state index in [-0.39, 0.29) is 6.42 Å². The number of aryl methyl sites for hydroxylation is 2. The van der Waals surface area contributed by atoms with E-state index in [1.54, 1.807) is 11.3 Å². The molecular weight excluding hydrogens is 222 g/mol. The van der Waals surface area contributed by atoms with Crippen molar-refractivity contribution in [3.05, 3.63) is 28.8 Å². The lowest BCUT2D eigenvalue weighted by Gasteiger charge is -1.92. The van der Waals surface area contributed by atoms with Gasteiger partial charge in [0.15, 0.2) is 0 Å². The molecule has 84 valence electrons. The molecule has 2 rings (SSSR count). The zero-order valence-corrected chi connectivity index (χ0v) is 9.88. The lowest BCUT2D eigenvalue weighted by molar-refractivity contribution is -0.137. The Morgan fingerprint density at radius 3 is 3.06 bits per heavy atom. The Kier molecular flexibility index (Phi) is 3.19. The van der Waals surface area contributed by atoms with Gasteiger partial charge in [0, 0.05) is 6.42 Å². The van der Waals surface area contributed by atoms with E-state index in [1.165, 1.54) is 10.3 Å². The number of carbonyl (C=O) groups is 1. The van der Waals surface area contributed by atoms with Crippen molar-refractivity contribution < 1.29 is 9.90 Å². The first-order valence-corrected chi connectivity index (χ1v) is 6.04. The quantitative estimate of drug-likeness (QED) is 0.886. The molecule has 16 heavy (non-hydrogen) atoms. The molecule has 0 saturated heterocycles. The number of hydrogen-bond donors (Lipinski definition) is 1. The van der Waals surface area contributed by atoms with E-state index in [4.69, 9.17) is 5.11 Å². The first-order valence-electron chi connectivity index (χ1n) is 5.23. The third kappa shape index (κ3) is 2.58. The van der Waals surface area contributed by atoms with Gasteiger partial charge in [-0.1, -0.05) is 6.07 Å². The van der Waals surface area contributed by atoms with Crippen LogP contribution in [0.2, 0.25) is 0 Å². The van der Waals surface area contributed by atoms with Crippen molar-refractivity contribution in [1.29, 1.82) is 0 Å². The van der Waals surface area contributed by atoms with Crippen molar-refractivity contribution in [1.82, 2.24) is 4.98 Å². The number of thiazole rings is 1. The van der Waals surface area contributed by atoms with E-state index in [0.717, 1.165) is 16.9 Å². The van der Waals surface area contributed by atoms with E-state index in [0.29, 0.717) is 6.42 Å². The molecule has 0 radical (unpaired) electrons. The van der Waals surface area contributed by atoms with Crippen LogP contribution in [-0.4, -0.2) is 16.1 Å². The van der Waals surface area contributed by atoms with Gasteiger partial charge >= 0.3 is 5.97 Å². The van der Waals surface area contributed by atoms with E-state index in [9.17, 15) is 4.79 Å². The average Bonchev–Trinajstić information content (AvgIpc) is 2.58. The van der Waals surface area contributed by atoms with Gasteiger partial charge in [0.2, 0.25) is 0 Å². The molecule has 4 heteroatoms. The van der Waals surface area contributed by atoms with E-state index in [1.807, 2.05) is 6.92 Å². The molecule has 1 heterocycles. The summed E-state index contributed by atoms with van der Waals surface area (Å²) >= 11 is 1.65. The second-order valence-electron chi connectivity index (χ2n) is 3.83. The van der Waals surface area contributed by atoms with Gasteiger partial charge in [-0.15, -0.1) is 11.3 Å². The minimum Gasteiger partial charge on any atom is -0.481 e. The summed E-state index contributed by atoms with van der Waals surface area (Å²) in [4.78, 5) is 14.9. The fourth-order valence-corrected chi connectivity index (χ4v) is 2.57. The summed E-state index contributed by atoms with van der Waals surface area (Å²) in [6, 6.07) is 6.21. The highest BCUT2D eigenvalue weighted by Gasteiger charge is 2.05. The van der Waals surface area contributed by atoms with Gasteiger partial charge in [-0.3, -0.25) is 4.79 Å². The number of carboxylic acids is 1. The van der Waals surface area contributed by atoms with Gasteiger partial charge in [0.05, 0.1) is 15.2 Å². The van der Waals surface area contributed by atoms with Crippen LogP contribution >= 0.6 is 11.3 Å². The number of nitrogens with zero attached hydrogens (tertiary/aromatic N) is 1. The van der Waals surface area contributed by atoms with Crippen molar-refractivity contribution in [3.63, 3.8) is 0 Å². The predicted octanol–water partition coefficient (Wildman–Crippen LogP) is 3.01. The van der Waals surface area contributed by atoms with Gasteiger partial charge in [0.1, 0.15) is 0 Å². The van der Waals surface area contributed by atoms with E-state index >= 15 is 0 Å². The Bertz CT molecular complexity index is 519. The fourth-order valence-electron chi connectivity index (χ4n) is 1.58. The summed E-state index contributed by atoms with van der Waals surface area (Å²) in [5, 5.41) is 9.58. The van der Waals surface area contributed by atoms with Crippen molar-refractivity contribution in [3.8, 4) is 0 Å². The number of hydrogen-bond acceptors (Lipinski definition) is 3.